The summed E-state index contributed by atoms with van der Waals surface area (Å²) in [5, 5.41) is 11.1. The number of amides is 1. The second-order valence-electron chi connectivity index (χ2n) is 5.25. The first-order valence-electron chi connectivity index (χ1n) is 7.67. The molecule has 122 valence electrons. The van der Waals surface area contributed by atoms with Crippen LogP contribution in [0.25, 0.3) is 0 Å². The maximum absolute atomic E-state index is 12.1. The van der Waals surface area contributed by atoms with Crippen molar-refractivity contribution >= 4 is 6.09 Å². The lowest BCUT2D eigenvalue weighted by molar-refractivity contribution is 0.134. The molecule has 2 aromatic carbocycles. The first-order chi connectivity index (χ1) is 11.8. The van der Waals surface area contributed by atoms with Crippen LogP contribution in [0.3, 0.4) is 0 Å². The molecule has 0 radical (unpaired) electrons. The maximum Gasteiger partial charge on any atom is 0.408 e. The van der Waals surface area contributed by atoms with Crippen LogP contribution in [0, 0.1) is 0 Å². The number of aromatic nitrogens is 3. The molecule has 1 N–H and O–H groups in total. The van der Waals surface area contributed by atoms with Gasteiger partial charge in [0.25, 0.3) is 0 Å². The molecule has 3 rings (SSSR count). The number of nitrogens with zero attached hydrogens (tertiary/aromatic N) is 3. The van der Waals surface area contributed by atoms with Gasteiger partial charge in [0.2, 0.25) is 0 Å². The van der Waals surface area contributed by atoms with Gasteiger partial charge in [0, 0.05) is 0 Å². The Hall–Kier alpha value is -3.15. The largest absolute Gasteiger partial charge is 0.445 e. The van der Waals surface area contributed by atoms with Crippen molar-refractivity contribution in [1.29, 1.82) is 0 Å². The molecule has 1 heterocycles. The minimum Gasteiger partial charge on any atom is -0.445 e. The van der Waals surface area contributed by atoms with Crippen molar-refractivity contribution in [2.75, 3.05) is 0 Å². The van der Waals surface area contributed by atoms with Gasteiger partial charge in [-0.1, -0.05) is 60.7 Å². The van der Waals surface area contributed by atoms with Crippen molar-refractivity contribution in [3.8, 4) is 0 Å². The van der Waals surface area contributed by atoms with Gasteiger partial charge in [-0.25, -0.2) is 4.79 Å². The number of hydrogen-bond acceptors (Lipinski definition) is 4. The summed E-state index contributed by atoms with van der Waals surface area (Å²) in [7, 11) is 0. The lowest BCUT2D eigenvalue weighted by Crippen LogP contribution is -2.32. The molecule has 6 nitrogen and oxygen atoms in total. The van der Waals surface area contributed by atoms with Crippen LogP contribution in [0.5, 0.6) is 0 Å². The monoisotopic (exact) mass is 322 g/mol. The molecule has 0 saturated carbocycles. The normalized spacial score (nSPS) is 11.7. The zero-order valence-corrected chi connectivity index (χ0v) is 13.1. The zero-order valence-electron chi connectivity index (χ0n) is 13.1. The number of nitrogens with one attached hydrogen (secondary N) is 1. The van der Waals surface area contributed by atoms with E-state index in [0.717, 1.165) is 11.1 Å². The molecule has 0 aliphatic carbocycles. The Balaban J connectivity index is 1.63. The molecule has 0 bridgehead atoms. The Kier molecular flexibility index (Phi) is 5.19. The molecule has 0 spiro atoms. The summed E-state index contributed by atoms with van der Waals surface area (Å²) in [4.78, 5) is 13.7. The summed E-state index contributed by atoms with van der Waals surface area (Å²) in [5.74, 6) is 0. The van der Waals surface area contributed by atoms with Crippen molar-refractivity contribution in [2.24, 2.45) is 0 Å². The van der Waals surface area contributed by atoms with E-state index >= 15 is 0 Å². The van der Waals surface area contributed by atoms with Crippen LogP contribution in [0.4, 0.5) is 4.79 Å². The fourth-order valence-electron chi connectivity index (χ4n) is 2.33. The molecular formula is C18H18N4O2. The summed E-state index contributed by atoms with van der Waals surface area (Å²) >= 11 is 0. The molecule has 24 heavy (non-hydrogen) atoms. The maximum atomic E-state index is 12.1. The first-order valence-corrected chi connectivity index (χ1v) is 7.67. The highest BCUT2D eigenvalue weighted by atomic mass is 16.5. The molecule has 0 fully saturated rings. The summed E-state index contributed by atoms with van der Waals surface area (Å²) in [5.41, 5.74) is 1.91. The van der Waals surface area contributed by atoms with E-state index in [1.54, 1.807) is 12.4 Å². The number of benzene rings is 2. The van der Waals surface area contributed by atoms with Crippen LogP contribution >= 0.6 is 0 Å². The predicted molar refractivity (Wildman–Crippen MR) is 89.0 cm³/mol. The highest BCUT2D eigenvalue weighted by Gasteiger charge is 2.16. The van der Waals surface area contributed by atoms with E-state index in [4.69, 9.17) is 4.74 Å². The number of carbonyl (C=O) groups is 1. The minimum absolute atomic E-state index is 0.230. The average Bonchev–Trinajstić information content (AvgIpc) is 3.14. The number of rotatable bonds is 6. The van der Waals surface area contributed by atoms with E-state index in [2.05, 4.69) is 15.5 Å². The Bertz CT molecular complexity index is 745. The fraction of sp³-hybridized carbons (Fsp3) is 0.167. The molecule has 3 aromatic rings. The molecule has 6 heteroatoms. The first kappa shape index (κ1) is 15.7. The fourth-order valence-corrected chi connectivity index (χ4v) is 2.33. The van der Waals surface area contributed by atoms with Gasteiger partial charge in [-0.15, -0.1) is 0 Å². The van der Waals surface area contributed by atoms with E-state index in [1.807, 2.05) is 60.7 Å². The van der Waals surface area contributed by atoms with Crippen molar-refractivity contribution in [3.05, 3.63) is 84.2 Å². The summed E-state index contributed by atoms with van der Waals surface area (Å²) in [6.07, 6.45) is 2.74. The van der Waals surface area contributed by atoms with Gasteiger partial charge in [0.05, 0.1) is 25.0 Å². The molecule has 1 atom stereocenters. The standard InChI is InChI=1S/C18H18N4O2/c23-18(24-14-15-7-3-1-4-8-15)21-17(13-22-19-11-12-20-22)16-9-5-2-6-10-16/h1-12,17H,13-14H2,(H,21,23). The predicted octanol–water partition coefficient (Wildman–Crippen LogP) is 2.95. The molecule has 1 aromatic heterocycles. The highest BCUT2D eigenvalue weighted by Crippen LogP contribution is 2.14. The third kappa shape index (κ3) is 4.42. The minimum atomic E-state index is -0.472. The van der Waals surface area contributed by atoms with Gasteiger partial charge in [-0.2, -0.15) is 15.0 Å². The van der Waals surface area contributed by atoms with Gasteiger partial charge >= 0.3 is 6.09 Å². The van der Waals surface area contributed by atoms with Crippen LogP contribution < -0.4 is 5.32 Å². The van der Waals surface area contributed by atoms with Crippen LogP contribution in [0.15, 0.2) is 73.1 Å². The topological polar surface area (TPSA) is 69.0 Å². The van der Waals surface area contributed by atoms with Crippen molar-refractivity contribution in [3.63, 3.8) is 0 Å². The van der Waals surface area contributed by atoms with Gasteiger partial charge < -0.3 is 10.1 Å². The smallest absolute Gasteiger partial charge is 0.408 e. The molecule has 1 amide bonds. The Labute approximate surface area is 140 Å². The van der Waals surface area contributed by atoms with Gasteiger partial charge in [0.15, 0.2) is 0 Å². The zero-order chi connectivity index (χ0) is 16.6. The van der Waals surface area contributed by atoms with E-state index in [1.165, 1.54) is 4.80 Å². The van der Waals surface area contributed by atoms with Crippen LogP contribution in [-0.2, 0) is 17.9 Å². The van der Waals surface area contributed by atoms with Gasteiger partial charge in [-0.3, -0.25) is 0 Å². The quantitative estimate of drug-likeness (QED) is 0.757. The molecule has 0 aliphatic rings. The lowest BCUT2D eigenvalue weighted by atomic mass is 10.1. The Morgan fingerprint density at radius 3 is 2.29 bits per heavy atom. The number of carbonyl (C=O) groups excluding carboxylic acids is 1. The van der Waals surface area contributed by atoms with E-state index in [9.17, 15) is 4.79 Å². The summed E-state index contributed by atoms with van der Waals surface area (Å²) in [6, 6.07) is 19.0. The van der Waals surface area contributed by atoms with Crippen LogP contribution in [0.2, 0.25) is 0 Å². The van der Waals surface area contributed by atoms with Crippen molar-refractivity contribution in [2.45, 2.75) is 19.2 Å². The van der Waals surface area contributed by atoms with E-state index in [0.29, 0.717) is 6.54 Å². The average molecular weight is 322 g/mol. The molecule has 1 unspecified atom stereocenters. The van der Waals surface area contributed by atoms with Crippen LogP contribution in [0.1, 0.15) is 17.2 Å². The second-order valence-corrected chi connectivity index (χ2v) is 5.25. The lowest BCUT2D eigenvalue weighted by Gasteiger charge is -2.18. The number of ether oxygens (including phenoxy) is 1. The van der Waals surface area contributed by atoms with Crippen LogP contribution in [-0.4, -0.2) is 21.1 Å². The molecule has 0 aliphatic heterocycles. The highest BCUT2D eigenvalue weighted by molar-refractivity contribution is 5.67. The van der Waals surface area contributed by atoms with Crippen molar-refractivity contribution in [1.82, 2.24) is 20.3 Å². The van der Waals surface area contributed by atoms with Gasteiger partial charge in [0.1, 0.15) is 6.61 Å². The Morgan fingerprint density at radius 1 is 1.00 bits per heavy atom. The summed E-state index contributed by atoms with van der Waals surface area (Å²) in [6.45, 7) is 0.658. The number of hydrogen-bond donors (Lipinski definition) is 1. The third-order valence-electron chi connectivity index (χ3n) is 3.52. The third-order valence-corrected chi connectivity index (χ3v) is 3.52. The molecule has 0 saturated heterocycles. The SMILES string of the molecule is O=C(NC(Cn1nccn1)c1ccccc1)OCc1ccccc1. The second kappa shape index (κ2) is 7.92. The van der Waals surface area contributed by atoms with E-state index in [-0.39, 0.29) is 12.6 Å². The van der Waals surface area contributed by atoms with Crippen molar-refractivity contribution < 1.29 is 9.53 Å². The summed E-state index contributed by atoms with van der Waals surface area (Å²) < 4.78 is 5.30. The van der Waals surface area contributed by atoms with E-state index < -0.39 is 6.09 Å². The number of alkyl carbamates (subject to hydrolysis) is 1. The van der Waals surface area contributed by atoms with Gasteiger partial charge in [-0.05, 0) is 11.1 Å². The molecular weight excluding hydrogens is 304 g/mol. The Morgan fingerprint density at radius 2 is 1.62 bits per heavy atom.